The molecule has 2 aromatic carbocycles. The Bertz CT molecular complexity index is 1310. The van der Waals surface area contributed by atoms with Crippen LogP contribution in [0.2, 0.25) is 0 Å². The normalized spacial score (nSPS) is 15.4. The summed E-state index contributed by atoms with van der Waals surface area (Å²) in [6, 6.07) is 14.2. The monoisotopic (exact) mass is 597 g/mol. The fourth-order valence-electron chi connectivity index (χ4n) is 4.69. The van der Waals surface area contributed by atoms with Crippen molar-refractivity contribution in [2.75, 3.05) is 18.0 Å². The molecule has 3 rings (SSSR count). The molecule has 1 atom stereocenters. The minimum absolute atomic E-state index is 0.0778. The van der Waals surface area contributed by atoms with E-state index in [0.717, 1.165) is 62.2 Å². The molecule has 1 fully saturated rings. The number of sulfonamides is 1. The van der Waals surface area contributed by atoms with Gasteiger partial charge in [-0.3, -0.25) is 9.59 Å². The topological polar surface area (TPSA) is 105 Å². The van der Waals surface area contributed by atoms with Gasteiger partial charge in [0.1, 0.15) is 5.75 Å². The van der Waals surface area contributed by atoms with E-state index in [2.05, 4.69) is 36.2 Å². The molecule has 2 N–H and O–H groups in total. The van der Waals surface area contributed by atoms with Crippen LogP contribution >= 0.6 is 0 Å². The van der Waals surface area contributed by atoms with E-state index in [1.807, 2.05) is 12.1 Å². The van der Waals surface area contributed by atoms with E-state index in [-0.39, 0.29) is 24.1 Å². The molecule has 2 aromatic rings. The van der Waals surface area contributed by atoms with E-state index in [9.17, 15) is 31.2 Å². The van der Waals surface area contributed by atoms with Crippen molar-refractivity contribution in [1.82, 2.24) is 10.0 Å². The minimum Gasteiger partial charge on any atom is -0.478 e. The number of hydrogen-bond acceptors (Lipinski definition) is 6. The number of para-hydroxylation sites is 1. The number of piperidine rings is 1. The number of hydrogen-bond donors (Lipinski definition) is 2. The second-order valence-corrected chi connectivity index (χ2v) is 12.8. The van der Waals surface area contributed by atoms with Crippen molar-refractivity contribution in [1.29, 1.82) is 0 Å². The number of nitrogens with zero attached hydrogens (tertiary/aromatic N) is 1. The van der Waals surface area contributed by atoms with E-state index in [1.165, 1.54) is 18.6 Å². The lowest BCUT2D eigenvalue weighted by atomic mass is 9.94. The number of carbonyl (C=O) groups is 2. The molecule has 1 unspecified atom stereocenters. The van der Waals surface area contributed by atoms with Crippen molar-refractivity contribution in [3.05, 3.63) is 59.7 Å². The standard InChI is InChI=1S/C29H38F3N3O5S/c1-20(2)18-24(23-10-6-7-11-25(23)35-16-8-5-9-17-35)33-26(36)19-21-12-14-22(15-13-21)40-28(3,4)27(37)34-41(38,39)29(30,31)32/h6-7,10-15,20,24H,5,8-9,16-19H2,1-4H3,(H,33,36)(H,34,37). The minimum atomic E-state index is -5.87. The predicted octanol–water partition coefficient (Wildman–Crippen LogP) is 5.25. The Morgan fingerprint density at radius 3 is 2.17 bits per heavy atom. The molecule has 12 heteroatoms. The summed E-state index contributed by atoms with van der Waals surface area (Å²) in [5, 5.41) is 3.20. The summed E-state index contributed by atoms with van der Waals surface area (Å²) in [5.41, 5.74) is -4.67. The van der Waals surface area contributed by atoms with Crippen LogP contribution in [0, 0.1) is 5.92 Å². The highest BCUT2D eigenvalue weighted by Gasteiger charge is 2.49. The van der Waals surface area contributed by atoms with Gasteiger partial charge in [-0.25, -0.2) is 4.72 Å². The van der Waals surface area contributed by atoms with E-state index in [1.54, 1.807) is 12.1 Å². The Labute approximate surface area is 239 Å². The third kappa shape index (κ3) is 8.85. The number of anilines is 1. The van der Waals surface area contributed by atoms with Crippen LogP contribution in [0.5, 0.6) is 5.75 Å². The molecular formula is C29H38F3N3O5S. The second kappa shape index (κ2) is 13.1. The maximum atomic E-state index is 13.1. The molecule has 0 bridgehead atoms. The van der Waals surface area contributed by atoms with Gasteiger partial charge in [-0.15, -0.1) is 0 Å². The Hall–Kier alpha value is -3.28. The van der Waals surface area contributed by atoms with Crippen molar-refractivity contribution in [2.24, 2.45) is 5.92 Å². The van der Waals surface area contributed by atoms with Gasteiger partial charge >= 0.3 is 15.5 Å². The number of benzene rings is 2. The zero-order chi connectivity index (χ0) is 30.4. The van der Waals surface area contributed by atoms with Gasteiger partial charge in [0.25, 0.3) is 5.91 Å². The van der Waals surface area contributed by atoms with Gasteiger partial charge in [0.05, 0.1) is 12.5 Å². The number of alkyl halides is 3. The van der Waals surface area contributed by atoms with E-state index < -0.39 is 27.0 Å². The Morgan fingerprint density at radius 1 is 0.976 bits per heavy atom. The number of nitrogens with one attached hydrogen (secondary N) is 2. The van der Waals surface area contributed by atoms with Crippen LogP contribution in [0.3, 0.4) is 0 Å². The average molecular weight is 598 g/mol. The third-order valence-electron chi connectivity index (χ3n) is 6.79. The summed E-state index contributed by atoms with van der Waals surface area (Å²) in [7, 11) is -5.87. The first-order valence-corrected chi connectivity index (χ1v) is 15.1. The second-order valence-electron chi connectivity index (χ2n) is 11.2. The molecule has 0 saturated carbocycles. The van der Waals surface area contributed by atoms with Gasteiger partial charge in [-0.2, -0.15) is 21.6 Å². The highest BCUT2D eigenvalue weighted by molar-refractivity contribution is 7.90. The smallest absolute Gasteiger partial charge is 0.478 e. The molecule has 0 spiro atoms. The van der Waals surface area contributed by atoms with Crippen molar-refractivity contribution in [3.63, 3.8) is 0 Å². The predicted molar refractivity (Wildman–Crippen MR) is 151 cm³/mol. The third-order valence-corrected chi connectivity index (χ3v) is 7.85. The maximum absolute atomic E-state index is 13.1. The number of amides is 2. The van der Waals surface area contributed by atoms with Gasteiger partial charge < -0.3 is 15.0 Å². The van der Waals surface area contributed by atoms with Crippen LogP contribution in [-0.2, 0) is 26.0 Å². The van der Waals surface area contributed by atoms with E-state index in [4.69, 9.17) is 4.74 Å². The fourth-order valence-corrected chi connectivity index (χ4v) is 5.30. The van der Waals surface area contributed by atoms with Crippen LogP contribution in [0.4, 0.5) is 18.9 Å². The number of rotatable bonds is 11. The summed E-state index contributed by atoms with van der Waals surface area (Å²) >= 11 is 0. The zero-order valence-corrected chi connectivity index (χ0v) is 24.6. The van der Waals surface area contributed by atoms with Crippen LogP contribution in [-0.4, -0.2) is 44.4 Å². The molecule has 8 nitrogen and oxygen atoms in total. The Morgan fingerprint density at radius 2 is 1.59 bits per heavy atom. The summed E-state index contributed by atoms with van der Waals surface area (Å²) in [6.07, 6.45) is 4.35. The quantitative estimate of drug-likeness (QED) is 0.367. The average Bonchev–Trinajstić information content (AvgIpc) is 2.88. The van der Waals surface area contributed by atoms with Gasteiger partial charge in [-0.1, -0.05) is 44.2 Å². The highest BCUT2D eigenvalue weighted by Crippen LogP contribution is 2.32. The van der Waals surface area contributed by atoms with Crippen molar-refractivity contribution in [2.45, 2.75) is 77.0 Å². The van der Waals surface area contributed by atoms with E-state index >= 15 is 0 Å². The molecule has 1 aliphatic rings. The molecular weight excluding hydrogens is 559 g/mol. The molecule has 1 saturated heterocycles. The largest absolute Gasteiger partial charge is 0.516 e. The molecule has 0 radical (unpaired) electrons. The summed E-state index contributed by atoms with van der Waals surface area (Å²) in [4.78, 5) is 27.7. The van der Waals surface area contributed by atoms with Gasteiger partial charge in [-0.05, 0) is 74.8 Å². The number of halogens is 3. The SMILES string of the molecule is CC(C)CC(NC(=O)Cc1ccc(OC(C)(C)C(=O)NS(=O)(=O)C(F)(F)F)cc1)c1ccccc1N1CCCCC1. The molecule has 2 amide bonds. The lowest BCUT2D eigenvalue weighted by molar-refractivity contribution is -0.132. The maximum Gasteiger partial charge on any atom is 0.516 e. The van der Waals surface area contributed by atoms with Crippen LogP contribution in [0.1, 0.15) is 70.5 Å². The van der Waals surface area contributed by atoms with Gasteiger partial charge in [0.15, 0.2) is 5.60 Å². The van der Waals surface area contributed by atoms with Crippen molar-refractivity contribution >= 4 is 27.5 Å². The Balaban J connectivity index is 1.67. The zero-order valence-electron chi connectivity index (χ0n) is 23.8. The summed E-state index contributed by atoms with van der Waals surface area (Å²) < 4.78 is 66.9. The van der Waals surface area contributed by atoms with Crippen LogP contribution in [0.15, 0.2) is 48.5 Å². The first-order valence-electron chi connectivity index (χ1n) is 13.6. The lowest BCUT2D eigenvalue weighted by Gasteiger charge is -2.33. The van der Waals surface area contributed by atoms with Crippen molar-refractivity contribution in [3.8, 4) is 5.75 Å². The first-order chi connectivity index (χ1) is 19.1. The van der Waals surface area contributed by atoms with E-state index in [0.29, 0.717) is 11.5 Å². The molecule has 226 valence electrons. The van der Waals surface area contributed by atoms with Gasteiger partial charge in [0.2, 0.25) is 5.91 Å². The van der Waals surface area contributed by atoms with Crippen molar-refractivity contribution < 1.29 is 35.9 Å². The molecule has 0 aromatic heterocycles. The fraction of sp³-hybridized carbons (Fsp3) is 0.517. The van der Waals surface area contributed by atoms with Crippen LogP contribution < -0.4 is 19.7 Å². The lowest BCUT2D eigenvalue weighted by Crippen LogP contribution is -2.51. The Kier molecular flexibility index (Phi) is 10.3. The summed E-state index contributed by atoms with van der Waals surface area (Å²) in [6.45, 7) is 8.50. The molecule has 1 aliphatic heterocycles. The summed E-state index contributed by atoms with van der Waals surface area (Å²) in [5.74, 6) is -1.18. The molecule has 1 heterocycles. The molecule has 41 heavy (non-hydrogen) atoms. The van der Waals surface area contributed by atoms with Gasteiger partial charge in [0, 0.05) is 18.8 Å². The number of carbonyl (C=O) groups excluding carboxylic acids is 2. The highest BCUT2D eigenvalue weighted by atomic mass is 32.2. The first kappa shape index (κ1) is 32.2. The van der Waals surface area contributed by atoms with Crippen LogP contribution in [0.25, 0.3) is 0 Å². The molecule has 0 aliphatic carbocycles. The number of ether oxygens (including phenoxy) is 1.